The summed E-state index contributed by atoms with van der Waals surface area (Å²) in [6.45, 7) is 1.88. The normalized spacial score (nSPS) is 12.8. The molecule has 1 aromatic heterocycles. The van der Waals surface area contributed by atoms with Crippen LogP contribution in [0.25, 0.3) is 11.1 Å². The van der Waals surface area contributed by atoms with Gasteiger partial charge in [0.2, 0.25) is 0 Å². The number of benzene rings is 1. The zero-order chi connectivity index (χ0) is 11.5. The van der Waals surface area contributed by atoms with E-state index in [9.17, 15) is 4.79 Å². The molecule has 0 saturated heterocycles. The molecule has 1 heterocycles. The third-order valence-electron chi connectivity index (χ3n) is 2.72. The molecule has 16 heavy (non-hydrogen) atoms. The van der Waals surface area contributed by atoms with Gasteiger partial charge in [0.05, 0.1) is 5.92 Å². The topological polar surface area (TPSA) is 63.3 Å². The summed E-state index contributed by atoms with van der Waals surface area (Å²) in [7, 11) is 0. The zero-order valence-electron chi connectivity index (χ0n) is 9.01. The summed E-state index contributed by atoms with van der Waals surface area (Å²) in [5.74, 6) is -1.08. The second kappa shape index (κ2) is 4.35. The summed E-state index contributed by atoms with van der Waals surface area (Å²) >= 11 is 0. The average molecular weight is 219 g/mol. The van der Waals surface area contributed by atoms with Gasteiger partial charge in [-0.3, -0.25) is 4.79 Å². The highest BCUT2D eigenvalue weighted by Crippen LogP contribution is 2.18. The summed E-state index contributed by atoms with van der Waals surface area (Å²) in [5, 5.41) is 8.97. The van der Waals surface area contributed by atoms with Gasteiger partial charge in [0, 0.05) is 0 Å². The SMILES string of the molecule is CCC(Cc1ccc2ncoc2c1)C(=O)O. The Kier molecular flexibility index (Phi) is 2.90. The molecule has 1 N–H and O–H groups in total. The average Bonchev–Trinajstić information content (AvgIpc) is 2.72. The van der Waals surface area contributed by atoms with Crippen LogP contribution in [0.3, 0.4) is 0 Å². The van der Waals surface area contributed by atoms with E-state index in [2.05, 4.69) is 4.98 Å². The van der Waals surface area contributed by atoms with Gasteiger partial charge >= 0.3 is 5.97 Å². The number of fused-ring (bicyclic) bond motifs is 1. The fourth-order valence-corrected chi connectivity index (χ4v) is 1.72. The number of aliphatic carboxylic acids is 1. The molecule has 0 saturated carbocycles. The van der Waals surface area contributed by atoms with Gasteiger partial charge in [-0.2, -0.15) is 0 Å². The van der Waals surface area contributed by atoms with Crippen molar-refractivity contribution in [1.29, 1.82) is 0 Å². The number of carbonyl (C=O) groups is 1. The Morgan fingerprint density at radius 3 is 3.06 bits per heavy atom. The number of oxazole rings is 1. The largest absolute Gasteiger partial charge is 0.481 e. The first-order chi connectivity index (χ1) is 7.70. The summed E-state index contributed by atoms with van der Waals surface area (Å²) in [5.41, 5.74) is 2.48. The molecule has 2 aromatic rings. The summed E-state index contributed by atoms with van der Waals surface area (Å²) in [6, 6.07) is 5.60. The summed E-state index contributed by atoms with van der Waals surface area (Å²) in [6.07, 6.45) is 2.55. The maximum Gasteiger partial charge on any atom is 0.306 e. The molecule has 1 aromatic carbocycles. The molecular weight excluding hydrogens is 206 g/mol. The molecule has 0 aliphatic heterocycles. The van der Waals surface area contributed by atoms with Gasteiger partial charge < -0.3 is 9.52 Å². The molecule has 84 valence electrons. The molecule has 0 amide bonds. The lowest BCUT2D eigenvalue weighted by atomic mass is 9.97. The first-order valence-electron chi connectivity index (χ1n) is 5.25. The fraction of sp³-hybridized carbons (Fsp3) is 0.333. The van der Waals surface area contributed by atoms with Gasteiger partial charge in [0.25, 0.3) is 0 Å². The van der Waals surface area contributed by atoms with Crippen LogP contribution in [0.4, 0.5) is 0 Å². The second-order valence-corrected chi connectivity index (χ2v) is 3.80. The Labute approximate surface area is 92.9 Å². The number of nitrogens with zero attached hydrogens (tertiary/aromatic N) is 1. The fourth-order valence-electron chi connectivity index (χ4n) is 1.72. The van der Waals surface area contributed by atoms with Gasteiger partial charge in [0.1, 0.15) is 5.52 Å². The maximum absolute atomic E-state index is 10.9. The van der Waals surface area contributed by atoms with Crippen LogP contribution in [-0.4, -0.2) is 16.1 Å². The Bertz CT molecular complexity index is 504. The molecule has 0 radical (unpaired) electrons. The molecular formula is C12H13NO3. The standard InChI is InChI=1S/C12H13NO3/c1-2-9(12(14)15)5-8-3-4-10-11(6-8)16-7-13-10/h3-4,6-7,9H,2,5H2,1H3,(H,14,15). The Hall–Kier alpha value is -1.84. The molecule has 0 aliphatic rings. The molecule has 2 rings (SSSR count). The Morgan fingerprint density at radius 2 is 2.38 bits per heavy atom. The first kappa shape index (κ1) is 10.7. The van der Waals surface area contributed by atoms with Crippen molar-refractivity contribution in [2.45, 2.75) is 19.8 Å². The predicted octanol–water partition coefficient (Wildman–Crippen LogP) is 2.48. The highest BCUT2D eigenvalue weighted by atomic mass is 16.4. The number of carboxylic acid groups (broad SMARTS) is 1. The summed E-state index contributed by atoms with van der Waals surface area (Å²) in [4.78, 5) is 14.9. The van der Waals surface area contributed by atoms with E-state index in [1.165, 1.54) is 6.39 Å². The lowest BCUT2D eigenvalue weighted by molar-refractivity contribution is -0.141. The van der Waals surface area contributed by atoms with Crippen LogP contribution in [0.2, 0.25) is 0 Å². The minimum atomic E-state index is -0.750. The van der Waals surface area contributed by atoms with Crippen LogP contribution in [0.1, 0.15) is 18.9 Å². The minimum absolute atomic E-state index is 0.333. The number of hydrogen-bond acceptors (Lipinski definition) is 3. The number of carboxylic acids is 1. The molecule has 4 nitrogen and oxygen atoms in total. The van der Waals surface area contributed by atoms with Crippen molar-refractivity contribution in [2.75, 3.05) is 0 Å². The Morgan fingerprint density at radius 1 is 1.56 bits per heavy atom. The van der Waals surface area contributed by atoms with Crippen molar-refractivity contribution in [1.82, 2.24) is 4.98 Å². The van der Waals surface area contributed by atoms with Crippen molar-refractivity contribution >= 4 is 17.1 Å². The zero-order valence-corrected chi connectivity index (χ0v) is 9.01. The third kappa shape index (κ3) is 2.05. The van der Waals surface area contributed by atoms with E-state index < -0.39 is 5.97 Å². The van der Waals surface area contributed by atoms with Gasteiger partial charge in [-0.05, 0) is 30.5 Å². The van der Waals surface area contributed by atoms with Gasteiger partial charge in [0.15, 0.2) is 12.0 Å². The Balaban J connectivity index is 2.23. The molecule has 0 fully saturated rings. The van der Waals surface area contributed by atoms with E-state index in [-0.39, 0.29) is 5.92 Å². The molecule has 0 aliphatic carbocycles. The molecule has 1 unspecified atom stereocenters. The molecule has 0 bridgehead atoms. The second-order valence-electron chi connectivity index (χ2n) is 3.80. The van der Waals surface area contributed by atoms with Crippen LogP contribution in [0.15, 0.2) is 29.0 Å². The van der Waals surface area contributed by atoms with E-state index in [0.29, 0.717) is 18.4 Å². The third-order valence-corrected chi connectivity index (χ3v) is 2.72. The monoisotopic (exact) mass is 219 g/mol. The highest BCUT2D eigenvalue weighted by Gasteiger charge is 2.15. The van der Waals surface area contributed by atoms with Crippen molar-refractivity contribution in [3.8, 4) is 0 Å². The van der Waals surface area contributed by atoms with Crippen molar-refractivity contribution in [2.24, 2.45) is 5.92 Å². The van der Waals surface area contributed by atoms with Crippen LogP contribution >= 0.6 is 0 Å². The van der Waals surface area contributed by atoms with Crippen molar-refractivity contribution in [3.63, 3.8) is 0 Å². The lowest BCUT2D eigenvalue weighted by Gasteiger charge is -2.08. The molecule has 1 atom stereocenters. The quantitative estimate of drug-likeness (QED) is 0.858. The van der Waals surface area contributed by atoms with E-state index >= 15 is 0 Å². The van der Waals surface area contributed by atoms with Crippen molar-refractivity contribution in [3.05, 3.63) is 30.2 Å². The smallest absolute Gasteiger partial charge is 0.306 e. The molecule has 0 spiro atoms. The van der Waals surface area contributed by atoms with Crippen LogP contribution in [0, 0.1) is 5.92 Å². The number of aromatic nitrogens is 1. The van der Waals surface area contributed by atoms with Gasteiger partial charge in [-0.25, -0.2) is 4.98 Å². The molecule has 4 heteroatoms. The summed E-state index contributed by atoms with van der Waals surface area (Å²) < 4.78 is 5.18. The van der Waals surface area contributed by atoms with Crippen LogP contribution in [-0.2, 0) is 11.2 Å². The first-order valence-corrected chi connectivity index (χ1v) is 5.25. The van der Waals surface area contributed by atoms with E-state index in [4.69, 9.17) is 9.52 Å². The van der Waals surface area contributed by atoms with Gasteiger partial charge in [-0.15, -0.1) is 0 Å². The van der Waals surface area contributed by atoms with Crippen molar-refractivity contribution < 1.29 is 14.3 Å². The van der Waals surface area contributed by atoms with E-state index in [1.807, 2.05) is 25.1 Å². The number of hydrogen-bond donors (Lipinski definition) is 1. The lowest BCUT2D eigenvalue weighted by Crippen LogP contribution is -2.15. The predicted molar refractivity (Wildman–Crippen MR) is 59.1 cm³/mol. The van der Waals surface area contributed by atoms with E-state index in [0.717, 1.165) is 11.1 Å². The highest BCUT2D eigenvalue weighted by molar-refractivity contribution is 5.74. The number of rotatable bonds is 4. The van der Waals surface area contributed by atoms with Gasteiger partial charge in [-0.1, -0.05) is 13.0 Å². The van der Waals surface area contributed by atoms with Crippen LogP contribution in [0.5, 0.6) is 0 Å². The minimum Gasteiger partial charge on any atom is -0.481 e. The van der Waals surface area contributed by atoms with Crippen LogP contribution < -0.4 is 0 Å². The van der Waals surface area contributed by atoms with E-state index in [1.54, 1.807) is 0 Å². The maximum atomic E-state index is 10.9.